The predicted molar refractivity (Wildman–Crippen MR) is 51.2 cm³/mol. The maximum Gasteiger partial charge on any atom is 0.271 e. The second-order valence-electron chi connectivity index (χ2n) is 4.58. The molecular weight excluding hydrogens is 208 g/mol. The van der Waals surface area contributed by atoms with Crippen molar-refractivity contribution in [1.82, 2.24) is 0 Å². The molecule has 2 saturated carbocycles. The Labute approximate surface area is 83.4 Å². The first-order valence-corrected chi connectivity index (χ1v) is 6.56. The monoisotopic (exact) mass is 220 g/mol. The van der Waals surface area contributed by atoms with Gasteiger partial charge < -0.3 is 0 Å². The third-order valence-corrected chi connectivity index (χ3v) is 6.77. The van der Waals surface area contributed by atoms with Crippen LogP contribution in [0.3, 0.4) is 0 Å². The molecule has 5 heteroatoms. The van der Waals surface area contributed by atoms with E-state index in [1.54, 1.807) is 0 Å². The normalized spacial score (nSPS) is 61.7. The highest BCUT2D eigenvalue weighted by Gasteiger charge is 2.69. The summed E-state index contributed by atoms with van der Waals surface area (Å²) in [5, 5.41) is -0.128. The van der Waals surface area contributed by atoms with E-state index in [0.717, 1.165) is 12.8 Å². The maximum atomic E-state index is 11.6. The van der Waals surface area contributed by atoms with Crippen molar-refractivity contribution in [1.29, 1.82) is 0 Å². The van der Waals surface area contributed by atoms with Crippen LogP contribution < -0.4 is 0 Å². The van der Waals surface area contributed by atoms with E-state index in [1.807, 2.05) is 6.92 Å². The minimum Gasteiger partial charge on any atom is -0.262 e. The molecule has 74 valence electrons. The fourth-order valence-electron chi connectivity index (χ4n) is 3.33. The topological polar surface area (TPSA) is 43.4 Å². The van der Waals surface area contributed by atoms with Crippen molar-refractivity contribution in [2.45, 2.75) is 35.9 Å². The summed E-state index contributed by atoms with van der Waals surface area (Å²) < 4.78 is 28.4. The van der Waals surface area contributed by atoms with Gasteiger partial charge in [-0.3, -0.25) is 4.18 Å². The van der Waals surface area contributed by atoms with Crippen LogP contribution in [-0.4, -0.2) is 24.5 Å². The molecule has 1 saturated heterocycles. The van der Waals surface area contributed by atoms with Crippen molar-refractivity contribution >= 4 is 22.7 Å². The summed E-state index contributed by atoms with van der Waals surface area (Å²) in [6.07, 6.45) is 1.74. The van der Waals surface area contributed by atoms with Crippen molar-refractivity contribution < 1.29 is 12.6 Å². The van der Waals surface area contributed by atoms with Gasteiger partial charge in [-0.2, -0.15) is 21.0 Å². The lowest BCUT2D eigenvalue weighted by atomic mass is 9.85. The number of hydrogen-bond acceptors (Lipinski definition) is 4. The summed E-state index contributed by atoms with van der Waals surface area (Å²) in [5.74, 6) is 0.644. The summed E-state index contributed by atoms with van der Waals surface area (Å²) in [6, 6.07) is 0. The summed E-state index contributed by atoms with van der Waals surface area (Å²) >= 11 is 4.47. The molecule has 0 spiro atoms. The van der Waals surface area contributed by atoms with Gasteiger partial charge in [-0.1, -0.05) is 0 Å². The quantitative estimate of drug-likeness (QED) is 0.485. The first-order chi connectivity index (χ1) is 5.95. The summed E-state index contributed by atoms with van der Waals surface area (Å²) in [6.45, 7) is 1.89. The van der Waals surface area contributed by atoms with Gasteiger partial charge in [0.15, 0.2) is 0 Å². The molecule has 3 rings (SSSR count). The maximum absolute atomic E-state index is 11.6. The Bertz CT molecular complexity index is 364. The molecule has 13 heavy (non-hydrogen) atoms. The average Bonchev–Trinajstić information content (AvgIpc) is 2.55. The van der Waals surface area contributed by atoms with E-state index in [1.165, 1.54) is 0 Å². The third-order valence-electron chi connectivity index (χ3n) is 3.98. The van der Waals surface area contributed by atoms with Crippen molar-refractivity contribution in [2.24, 2.45) is 11.8 Å². The lowest BCUT2D eigenvalue weighted by molar-refractivity contribution is 0.0855. The van der Waals surface area contributed by atoms with Gasteiger partial charge in [0.25, 0.3) is 10.1 Å². The molecule has 0 aromatic heterocycles. The van der Waals surface area contributed by atoms with E-state index in [-0.39, 0.29) is 16.4 Å². The molecular formula is C8H12O3S2. The smallest absolute Gasteiger partial charge is 0.262 e. The van der Waals surface area contributed by atoms with E-state index in [2.05, 4.69) is 12.6 Å². The number of hydrogen-bond donors (Lipinski definition) is 1. The number of rotatable bonds is 0. The Morgan fingerprint density at radius 3 is 2.69 bits per heavy atom. The molecule has 3 nitrogen and oxygen atoms in total. The third kappa shape index (κ3) is 0.796. The Morgan fingerprint density at radius 2 is 2.15 bits per heavy atom. The van der Waals surface area contributed by atoms with E-state index >= 15 is 0 Å². The molecule has 4 unspecified atom stereocenters. The van der Waals surface area contributed by atoms with Gasteiger partial charge >= 0.3 is 0 Å². The zero-order valence-corrected chi connectivity index (χ0v) is 9.01. The molecule has 2 aliphatic carbocycles. The van der Waals surface area contributed by atoms with E-state index in [4.69, 9.17) is 4.18 Å². The minimum absolute atomic E-state index is 0.103. The van der Waals surface area contributed by atoms with Crippen molar-refractivity contribution in [3.05, 3.63) is 0 Å². The van der Waals surface area contributed by atoms with Gasteiger partial charge in [0.1, 0.15) is 5.60 Å². The SMILES string of the molecule is CC12OS(=O)(=O)C3CC(CC31)[C@@H]2S. The Balaban J connectivity index is 2.18. The molecule has 0 aromatic rings. The Kier molecular flexibility index (Phi) is 1.38. The van der Waals surface area contributed by atoms with Crippen LogP contribution in [0.5, 0.6) is 0 Å². The average molecular weight is 220 g/mol. The first kappa shape index (κ1) is 8.56. The molecule has 0 N–H and O–H groups in total. The highest BCUT2D eigenvalue weighted by atomic mass is 32.2. The standard InChI is InChI=1S/C8H12O3S2/c1-8-5-2-4(7(8)12)3-6(5)13(9,10)11-8/h4-7,12H,2-3H2,1H3/t4?,5?,6?,7-,8?/m0/s1. The molecule has 0 amide bonds. The van der Waals surface area contributed by atoms with Crippen LogP contribution in [0.25, 0.3) is 0 Å². The van der Waals surface area contributed by atoms with Gasteiger partial charge in [-0.05, 0) is 25.7 Å². The van der Waals surface area contributed by atoms with Gasteiger partial charge in [0.2, 0.25) is 0 Å². The number of fused-ring (bicyclic) bond motifs is 1. The molecule has 5 atom stereocenters. The molecule has 1 aliphatic heterocycles. The van der Waals surface area contributed by atoms with Crippen LogP contribution in [0.1, 0.15) is 19.8 Å². The van der Waals surface area contributed by atoms with Crippen LogP contribution in [0.2, 0.25) is 0 Å². The van der Waals surface area contributed by atoms with Crippen molar-refractivity contribution in [3.8, 4) is 0 Å². The molecule has 1 heterocycles. The Hall–Kier alpha value is 0.260. The van der Waals surface area contributed by atoms with Gasteiger partial charge in [0, 0.05) is 11.2 Å². The van der Waals surface area contributed by atoms with Crippen LogP contribution in [0.15, 0.2) is 0 Å². The molecule has 0 aromatic carbocycles. The van der Waals surface area contributed by atoms with E-state index < -0.39 is 15.7 Å². The highest BCUT2D eigenvalue weighted by molar-refractivity contribution is 7.87. The second-order valence-corrected chi connectivity index (χ2v) is 6.90. The van der Waals surface area contributed by atoms with E-state index in [9.17, 15) is 8.42 Å². The van der Waals surface area contributed by atoms with Gasteiger partial charge in [-0.25, -0.2) is 0 Å². The van der Waals surface area contributed by atoms with Crippen LogP contribution in [-0.2, 0) is 14.3 Å². The van der Waals surface area contributed by atoms with Crippen LogP contribution >= 0.6 is 12.6 Å². The molecule has 3 fully saturated rings. The predicted octanol–water partition coefficient (Wildman–Crippen LogP) is 0.812. The Morgan fingerprint density at radius 1 is 1.46 bits per heavy atom. The molecule has 2 bridgehead atoms. The fraction of sp³-hybridized carbons (Fsp3) is 1.00. The van der Waals surface area contributed by atoms with Crippen LogP contribution in [0.4, 0.5) is 0 Å². The lowest BCUT2D eigenvalue weighted by Gasteiger charge is -2.30. The first-order valence-electron chi connectivity index (χ1n) is 4.58. The largest absolute Gasteiger partial charge is 0.271 e. The fourth-order valence-corrected chi connectivity index (χ4v) is 6.00. The molecule has 3 aliphatic rings. The summed E-state index contributed by atoms with van der Waals surface area (Å²) in [7, 11) is -3.27. The summed E-state index contributed by atoms with van der Waals surface area (Å²) in [4.78, 5) is 0. The minimum atomic E-state index is -3.27. The van der Waals surface area contributed by atoms with E-state index in [0.29, 0.717) is 5.92 Å². The van der Waals surface area contributed by atoms with Crippen molar-refractivity contribution in [3.63, 3.8) is 0 Å². The lowest BCUT2D eigenvalue weighted by Crippen LogP contribution is -2.41. The van der Waals surface area contributed by atoms with Crippen LogP contribution in [0, 0.1) is 11.8 Å². The zero-order chi connectivity index (χ0) is 9.43. The highest BCUT2D eigenvalue weighted by Crippen LogP contribution is 2.61. The van der Waals surface area contributed by atoms with Crippen molar-refractivity contribution in [2.75, 3.05) is 0 Å². The molecule has 0 radical (unpaired) electrons. The number of thiol groups is 1. The van der Waals surface area contributed by atoms with Gasteiger partial charge in [0.05, 0.1) is 5.25 Å². The second kappa shape index (κ2) is 2.09. The zero-order valence-electron chi connectivity index (χ0n) is 7.30. The van der Waals surface area contributed by atoms with Gasteiger partial charge in [-0.15, -0.1) is 0 Å². The summed E-state index contributed by atoms with van der Waals surface area (Å²) in [5.41, 5.74) is -0.504.